The summed E-state index contributed by atoms with van der Waals surface area (Å²) in [7, 11) is 0. The maximum atomic E-state index is 13.3. The molecule has 2 aromatic carbocycles. The topological polar surface area (TPSA) is 96.8 Å². The van der Waals surface area contributed by atoms with Crippen molar-refractivity contribution >= 4 is 17.7 Å². The number of ether oxygens (including phenoxy) is 1. The zero-order chi connectivity index (χ0) is 24.8. The summed E-state index contributed by atoms with van der Waals surface area (Å²) < 4.78 is 5.01. The summed E-state index contributed by atoms with van der Waals surface area (Å²) in [4.78, 5) is 44.1. The summed E-state index contributed by atoms with van der Waals surface area (Å²) in [6, 6.07) is 20.7. The highest BCUT2D eigenvalue weighted by Crippen LogP contribution is 2.38. The molecule has 2 heterocycles. The summed E-state index contributed by atoms with van der Waals surface area (Å²) in [6.07, 6.45) is 2.24. The van der Waals surface area contributed by atoms with Crippen LogP contribution in [0.3, 0.4) is 0 Å². The summed E-state index contributed by atoms with van der Waals surface area (Å²) in [6.45, 7) is 2.14. The number of aromatic nitrogens is 1. The van der Waals surface area contributed by atoms with Gasteiger partial charge in [-0.1, -0.05) is 48.5 Å². The van der Waals surface area contributed by atoms with Gasteiger partial charge in [0.2, 0.25) is 0 Å². The molecule has 0 saturated heterocycles. The Morgan fingerprint density at radius 3 is 2.34 bits per heavy atom. The molecule has 1 aliphatic heterocycles. The third kappa shape index (κ3) is 5.30. The number of pyridine rings is 1. The van der Waals surface area contributed by atoms with E-state index in [4.69, 9.17) is 4.74 Å². The van der Waals surface area contributed by atoms with Crippen molar-refractivity contribution in [3.63, 3.8) is 0 Å². The molecular formula is C28H26N2O5. The number of ketones is 1. The molecule has 0 radical (unpaired) electrons. The Bertz CT molecular complexity index is 1240. The van der Waals surface area contributed by atoms with Gasteiger partial charge >= 0.3 is 5.97 Å². The number of aliphatic hydroxyl groups is 1. The molecule has 1 atom stereocenters. The molecular weight excluding hydrogens is 444 g/mol. The molecule has 35 heavy (non-hydrogen) atoms. The van der Waals surface area contributed by atoms with Crippen molar-refractivity contribution in [1.82, 2.24) is 9.88 Å². The van der Waals surface area contributed by atoms with E-state index in [1.54, 1.807) is 55.6 Å². The molecule has 0 fully saturated rings. The fraction of sp³-hybridized carbons (Fsp3) is 0.214. The van der Waals surface area contributed by atoms with Crippen molar-refractivity contribution in [2.75, 3.05) is 6.61 Å². The first-order chi connectivity index (χ1) is 17.0. The molecule has 0 bridgehead atoms. The van der Waals surface area contributed by atoms with Gasteiger partial charge in [0.1, 0.15) is 6.04 Å². The zero-order valence-corrected chi connectivity index (χ0v) is 19.4. The quantitative estimate of drug-likeness (QED) is 0.467. The molecule has 1 unspecified atom stereocenters. The smallest absolute Gasteiger partial charge is 0.338 e. The van der Waals surface area contributed by atoms with Crippen molar-refractivity contribution in [1.29, 1.82) is 0 Å². The Kier molecular flexibility index (Phi) is 7.35. The van der Waals surface area contributed by atoms with E-state index >= 15 is 0 Å². The third-order valence-electron chi connectivity index (χ3n) is 5.87. The van der Waals surface area contributed by atoms with E-state index in [0.29, 0.717) is 17.7 Å². The zero-order valence-electron chi connectivity index (χ0n) is 19.4. The van der Waals surface area contributed by atoms with Crippen LogP contribution in [0.5, 0.6) is 0 Å². The van der Waals surface area contributed by atoms with Crippen LogP contribution in [0.4, 0.5) is 0 Å². The van der Waals surface area contributed by atoms with Gasteiger partial charge in [-0.3, -0.25) is 14.6 Å². The van der Waals surface area contributed by atoms with Gasteiger partial charge in [0.25, 0.3) is 5.91 Å². The maximum absolute atomic E-state index is 13.3. The molecule has 1 aliphatic rings. The van der Waals surface area contributed by atoms with Crippen LogP contribution in [0.15, 0.2) is 90.3 Å². The first kappa shape index (κ1) is 23.9. The Labute approximate surface area is 203 Å². The number of carbonyl (C=O) groups is 3. The van der Waals surface area contributed by atoms with Gasteiger partial charge in [0.15, 0.2) is 11.5 Å². The predicted octanol–water partition coefficient (Wildman–Crippen LogP) is 4.36. The molecule has 4 rings (SSSR count). The number of rotatable bonds is 9. The number of aliphatic hydroxyl groups excluding tert-OH is 1. The van der Waals surface area contributed by atoms with E-state index in [-0.39, 0.29) is 30.9 Å². The molecule has 3 aromatic rings. The van der Waals surface area contributed by atoms with Crippen molar-refractivity contribution < 1.29 is 24.2 Å². The first-order valence-electron chi connectivity index (χ1n) is 11.5. The SMILES string of the molecule is CCOC(=O)c1ccc(CN2C(=O)C(O)=C(C(=O)CCc3ccccc3)C2c2ccccn2)cc1. The van der Waals surface area contributed by atoms with Gasteiger partial charge in [-0.05, 0) is 48.7 Å². The van der Waals surface area contributed by atoms with E-state index in [9.17, 15) is 19.5 Å². The lowest BCUT2D eigenvalue weighted by Gasteiger charge is -2.26. The lowest BCUT2D eigenvalue weighted by atomic mass is 9.95. The molecule has 0 saturated carbocycles. The second-order valence-electron chi connectivity index (χ2n) is 8.18. The Morgan fingerprint density at radius 1 is 0.971 bits per heavy atom. The predicted molar refractivity (Wildman–Crippen MR) is 129 cm³/mol. The molecule has 7 nitrogen and oxygen atoms in total. The average molecular weight is 471 g/mol. The van der Waals surface area contributed by atoms with Crippen molar-refractivity contribution in [2.45, 2.75) is 32.4 Å². The lowest BCUT2D eigenvalue weighted by Crippen LogP contribution is -2.31. The Balaban J connectivity index is 1.59. The summed E-state index contributed by atoms with van der Waals surface area (Å²) in [5.74, 6) is -1.89. The number of carbonyl (C=O) groups excluding carboxylic acids is 3. The number of aryl methyl sites for hydroxylation is 1. The average Bonchev–Trinajstić information content (AvgIpc) is 3.14. The molecule has 7 heteroatoms. The van der Waals surface area contributed by atoms with Gasteiger partial charge in [-0.2, -0.15) is 0 Å². The number of hydrogen-bond acceptors (Lipinski definition) is 6. The second kappa shape index (κ2) is 10.8. The van der Waals surface area contributed by atoms with Gasteiger partial charge in [0, 0.05) is 19.2 Å². The standard InChI is InChI=1S/C28H26N2O5/c1-2-35-28(34)21-14-11-20(12-15-21)18-30-25(22-10-6-7-17-29-22)24(26(32)27(30)33)23(31)16-13-19-8-4-3-5-9-19/h3-12,14-15,17,25,32H,2,13,16,18H2,1H3. The molecule has 1 amide bonds. The number of esters is 1. The summed E-state index contributed by atoms with van der Waals surface area (Å²) >= 11 is 0. The second-order valence-corrected chi connectivity index (χ2v) is 8.18. The monoisotopic (exact) mass is 470 g/mol. The summed E-state index contributed by atoms with van der Waals surface area (Å²) in [5.41, 5.74) is 2.70. The maximum Gasteiger partial charge on any atom is 0.338 e. The lowest BCUT2D eigenvalue weighted by molar-refractivity contribution is -0.130. The van der Waals surface area contributed by atoms with E-state index < -0.39 is 23.7 Å². The fourth-order valence-corrected chi connectivity index (χ4v) is 4.14. The molecule has 1 aromatic heterocycles. The molecule has 1 N–H and O–H groups in total. The molecule has 178 valence electrons. The van der Waals surface area contributed by atoms with Gasteiger partial charge < -0.3 is 14.7 Å². The van der Waals surface area contributed by atoms with E-state index in [1.165, 1.54) is 4.90 Å². The van der Waals surface area contributed by atoms with Crippen molar-refractivity contribution in [3.05, 3.63) is 113 Å². The van der Waals surface area contributed by atoms with Crippen LogP contribution >= 0.6 is 0 Å². The summed E-state index contributed by atoms with van der Waals surface area (Å²) in [5, 5.41) is 10.8. The van der Waals surface area contributed by atoms with Crippen LogP contribution in [0.25, 0.3) is 0 Å². The first-order valence-corrected chi connectivity index (χ1v) is 11.5. The van der Waals surface area contributed by atoms with Gasteiger partial charge in [-0.15, -0.1) is 0 Å². The number of hydrogen-bond donors (Lipinski definition) is 1. The van der Waals surface area contributed by atoms with Gasteiger partial charge in [-0.25, -0.2) is 4.79 Å². The van der Waals surface area contributed by atoms with Crippen LogP contribution in [0.1, 0.15) is 46.6 Å². The van der Waals surface area contributed by atoms with Crippen LogP contribution in [0, 0.1) is 0 Å². The van der Waals surface area contributed by atoms with Gasteiger partial charge in [0.05, 0.1) is 23.4 Å². The van der Waals surface area contributed by atoms with E-state index in [0.717, 1.165) is 11.1 Å². The van der Waals surface area contributed by atoms with E-state index in [2.05, 4.69) is 4.98 Å². The van der Waals surface area contributed by atoms with Crippen molar-refractivity contribution in [2.24, 2.45) is 0 Å². The van der Waals surface area contributed by atoms with Crippen LogP contribution in [-0.4, -0.2) is 39.3 Å². The van der Waals surface area contributed by atoms with Crippen molar-refractivity contribution in [3.8, 4) is 0 Å². The molecule has 0 spiro atoms. The molecule has 0 aliphatic carbocycles. The fourth-order valence-electron chi connectivity index (χ4n) is 4.14. The normalized spacial score (nSPS) is 15.4. The minimum absolute atomic E-state index is 0.0628. The Morgan fingerprint density at radius 2 is 1.69 bits per heavy atom. The van der Waals surface area contributed by atoms with Crippen LogP contribution in [-0.2, 0) is 27.3 Å². The largest absolute Gasteiger partial charge is 0.503 e. The highest BCUT2D eigenvalue weighted by atomic mass is 16.5. The third-order valence-corrected chi connectivity index (χ3v) is 5.87. The minimum atomic E-state index is -0.809. The number of nitrogens with zero attached hydrogens (tertiary/aromatic N) is 2. The number of benzene rings is 2. The highest BCUT2D eigenvalue weighted by molar-refractivity contribution is 6.08. The van der Waals surface area contributed by atoms with Crippen LogP contribution < -0.4 is 0 Å². The highest BCUT2D eigenvalue weighted by Gasteiger charge is 2.43. The number of amides is 1. The number of Topliss-reactive ketones (excluding diaryl/α,β-unsaturated/α-hetero) is 1. The van der Waals surface area contributed by atoms with E-state index in [1.807, 2.05) is 30.3 Å². The Hall–Kier alpha value is -4.26. The van der Waals surface area contributed by atoms with Crippen LogP contribution in [0.2, 0.25) is 0 Å². The minimum Gasteiger partial charge on any atom is -0.503 e.